The van der Waals surface area contributed by atoms with Crippen LogP contribution in [-0.2, 0) is 9.59 Å². The van der Waals surface area contributed by atoms with Crippen LogP contribution < -0.4 is 10.6 Å². The predicted octanol–water partition coefficient (Wildman–Crippen LogP) is 3.11. The number of carboxylic acids is 1. The van der Waals surface area contributed by atoms with Crippen LogP contribution in [0.5, 0.6) is 0 Å². The van der Waals surface area contributed by atoms with E-state index in [-0.39, 0.29) is 30.8 Å². The number of rotatable bonds is 9. The van der Waals surface area contributed by atoms with Gasteiger partial charge in [-0.3, -0.25) is 24.5 Å². The van der Waals surface area contributed by atoms with E-state index < -0.39 is 22.7 Å². The van der Waals surface area contributed by atoms with Gasteiger partial charge in [-0.2, -0.15) is 0 Å². The lowest BCUT2D eigenvalue weighted by Gasteiger charge is -2.12. The first-order chi connectivity index (χ1) is 14.3. The average Bonchev–Trinajstić information content (AvgIpc) is 2.71. The monoisotopic (exact) mass is 475 g/mol. The van der Waals surface area contributed by atoms with Crippen LogP contribution in [0.4, 0.5) is 5.69 Å². The highest BCUT2D eigenvalue weighted by Gasteiger charge is 2.16. The Kier molecular flexibility index (Phi) is 8.24. The average molecular weight is 476 g/mol. The van der Waals surface area contributed by atoms with Crippen molar-refractivity contribution in [2.24, 2.45) is 0 Å². The van der Waals surface area contributed by atoms with E-state index in [4.69, 9.17) is 5.11 Å². The number of amides is 2. The Balaban J connectivity index is 2.23. The molecular formula is C20H18BrN3O6. The van der Waals surface area contributed by atoms with Crippen molar-refractivity contribution < 1.29 is 24.4 Å². The lowest BCUT2D eigenvalue weighted by Crippen LogP contribution is -2.35. The molecule has 9 nitrogen and oxygen atoms in total. The molecule has 0 aromatic heterocycles. The summed E-state index contributed by atoms with van der Waals surface area (Å²) in [6, 6.07) is 12.1. The maximum absolute atomic E-state index is 12.6. The molecule has 0 atom stereocenters. The lowest BCUT2D eigenvalue weighted by molar-refractivity contribution is -0.384. The highest BCUT2D eigenvalue weighted by Crippen LogP contribution is 2.17. The summed E-state index contributed by atoms with van der Waals surface area (Å²) in [5, 5.41) is 24.6. The van der Waals surface area contributed by atoms with E-state index in [9.17, 15) is 24.5 Å². The van der Waals surface area contributed by atoms with Crippen LogP contribution in [0.2, 0.25) is 0 Å². The number of nitrogens with one attached hydrogen (secondary N) is 2. The third-order valence-electron chi connectivity index (χ3n) is 3.88. The van der Waals surface area contributed by atoms with E-state index in [0.717, 1.165) is 0 Å². The highest BCUT2D eigenvalue weighted by atomic mass is 79.9. The molecule has 2 aromatic rings. The number of carboxylic acid groups (broad SMARTS) is 1. The number of hydrogen-bond donors (Lipinski definition) is 3. The number of aliphatic carboxylic acids is 1. The second-order valence-corrected chi connectivity index (χ2v) is 6.95. The highest BCUT2D eigenvalue weighted by molar-refractivity contribution is 9.10. The van der Waals surface area contributed by atoms with Gasteiger partial charge in [0.2, 0.25) is 0 Å². The van der Waals surface area contributed by atoms with Gasteiger partial charge in [-0.15, -0.1) is 0 Å². The second kappa shape index (κ2) is 10.9. The second-order valence-electron chi connectivity index (χ2n) is 6.09. The number of nitro groups is 1. The standard InChI is InChI=1S/C20H18BrN3O6/c21-16-5-2-1-4-15(16)19(27)23-17(20(28)22-11-3-6-18(25)26)12-13-7-9-14(10-8-13)24(29)30/h1-2,4-5,7-10,12H,3,6,11H2,(H,22,28)(H,23,27)(H,25,26)/b17-12-. The Labute approximate surface area is 180 Å². The van der Waals surface area contributed by atoms with E-state index in [1.165, 1.54) is 30.3 Å². The van der Waals surface area contributed by atoms with Crippen molar-refractivity contribution in [2.75, 3.05) is 6.54 Å². The minimum absolute atomic E-state index is 0.0834. The molecular weight excluding hydrogens is 458 g/mol. The van der Waals surface area contributed by atoms with Crippen LogP contribution >= 0.6 is 15.9 Å². The maximum Gasteiger partial charge on any atom is 0.303 e. The molecule has 2 aromatic carbocycles. The van der Waals surface area contributed by atoms with Gasteiger partial charge in [0.1, 0.15) is 5.70 Å². The van der Waals surface area contributed by atoms with Crippen LogP contribution in [0.3, 0.4) is 0 Å². The molecule has 0 bridgehead atoms. The third kappa shape index (κ3) is 6.82. The summed E-state index contributed by atoms with van der Waals surface area (Å²) in [5.41, 5.74) is 0.582. The Bertz CT molecular complexity index is 988. The smallest absolute Gasteiger partial charge is 0.303 e. The fourth-order valence-electron chi connectivity index (χ4n) is 2.39. The zero-order chi connectivity index (χ0) is 22.1. The van der Waals surface area contributed by atoms with Gasteiger partial charge < -0.3 is 15.7 Å². The van der Waals surface area contributed by atoms with Crippen LogP contribution in [0, 0.1) is 10.1 Å². The third-order valence-corrected chi connectivity index (χ3v) is 4.57. The van der Waals surface area contributed by atoms with Crippen molar-refractivity contribution in [1.29, 1.82) is 0 Å². The van der Waals surface area contributed by atoms with E-state index in [1.54, 1.807) is 24.3 Å². The number of non-ortho nitro benzene ring substituents is 1. The minimum Gasteiger partial charge on any atom is -0.481 e. The molecule has 0 spiro atoms. The fraction of sp³-hybridized carbons (Fsp3) is 0.150. The van der Waals surface area contributed by atoms with Crippen molar-refractivity contribution >= 4 is 45.5 Å². The summed E-state index contributed by atoms with van der Waals surface area (Å²) in [6.45, 7) is 0.105. The number of benzene rings is 2. The topological polar surface area (TPSA) is 139 Å². The molecule has 0 aliphatic rings. The largest absolute Gasteiger partial charge is 0.481 e. The number of hydrogen-bond acceptors (Lipinski definition) is 5. The zero-order valence-corrected chi connectivity index (χ0v) is 17.2. The van der Waals surface area contributed by atoms with Gasteiger partial charge in [0.25, 0.3) is 17.5 Å². The summed E-state index contributed by atoms with van der Waals surface area (Å²) in [7, 11) is 0. The summed E-state index contributed by atoms with van der Waals surface area (Å²) < 4.78 is 0.541. The number of carbonyl (C=O) groups is 3. The van der Waals surface area contributed by atoms with Crippen LogP contribution in [-0.4, -0.2) is 34.4 Å². The Morgan fingerprint density at radius 1 is 1.10 bits per heavy atom. The molecule has 156 valence electrons. The van der Waals surface area contributed by atoms with E-state index in [1.807, 2.05) is 0 Å². The molecule has 0 saturated heterocycles. The zero-order valence-electron chi connectivity index (χ0n) is 15.6. The first-order valence-electron chi connectivity index (χ1n) is 8.80. The summed E-state index contributed by atoms with van der Waals surface area (Å²) in [5.74, 6) is -2.12. The number of halogens is 1. The molecule has 30 heavy (non-hydrogen) atoms. The quantitative estimate of drug-likeness (QED) is 0.220. The van der Waals surface area contributed by atoms with Crippen LogP contribution in [0.15, 0.2) is 58.7 Å². The number of carbonyl (C=O) groups excluding carboxylic acids is 2. The van der Waals surface area contributed by atoms with Crippen molar-refractivity contribution in [3.05, 3.63) is 79.9 Å². The number of nitrogens with zero attached hydrogens (tertiary/aromatic N) is 1. The van der Waals surface area contributed by atoms with Gasteiger partial charge in [0.05, 0.1) is 10.5 Å². The van der Waals surface area contributed by atoms with Crippen LogP contribution in [0.25, 0.3) is 6.08 Å². The molecule has 0 aliphatic carbocycles. The van der Waals surface area contributed by atoms with Gasteiger partial charge in [0.15, 0.2) is 0 Å². The molecule has 0 fully saturated rings. The van der Waals surface area contributed by atoms with E-state index in [0.29, 0.717) is 15.6 Å². The summed E-state index contributed by atoms with van der Waals surface area (Å²) >= 11 is 3.28. The van der Waals surface area contributed by atoms with Crippen LogP contribution in [0.1, 0.15) is 28.8 Å². The van der Waals surface area contributed by atoms with E-state index in [2.05, 4.69) is 26.6 Å². The molecule has 10 heteroatoms. The molecule has 3 N–H and O–H groups in total. The van der Waals surface area contributed by atoms with Gasteiger partial charge in [-0.1, -0.05) is 12.1 Å². The Hall–Kier alpha value is -3.53. The summed E-state index contributed by atoms with van der Waals surface area (Å²) in [4.78, 5) is 46.0. The number of nitro benzene ring substituents is 1. The minimum atomic E-state index is -0.979. The lowest BCUT2D eigenvalue weighted by atomic mass is 10.1. The Morgan fingerprint density at radius 3 is 2.37 bits per heavy atom. The first-order valence-corrected chi connectivity index (χ1v) is 9.59. The van der Waals surface area contributed by atoms with Crippen molar-refractivity contribution in [2.45, 2.75) is 12.8 Å². The van der Waals surface area contributed by atoms with Gasteiger partial charge >= 0.3 is 5.97 Å². The SMILES string of the molecule is O=C(O)CCCNC(=O)/C(=C/c1ccc([N+](=O)[O-])cc1)NC(=O)c1ccccc1Br. The van der Waals surface area contributed by atoms with Gasteiger partial charge in [0, 0.05) is 29.6 Å². The summed E-state index contributed by atoms with van der Waals surface area (Å²) in [6.07, 6.45) is 1.50. The molecule has 2 amide bonds. The predicted molar refractivity (Wildman–Crippen MR) is 113 cm³/mol. The molecule has 2 rings (SSSR count). The first kappa shape index (κ1) is 22.8. The van der Waals surface area contributed by atoms with Gasteiger partial charge in [-0.05, 0) is 58.3 Å². The molecule has 0 saturated carbocycles. The van der Waals surface area contributed by atoms with Crippen molar-refractivity contribution in [1.82, 2.24) is 10.6 Å². The maximum atomic E-state index is 12.6. The van der Waals surface area contributed by atoms with Crippen molar-refractivity contribution in [3.8, 4) is 0 Å². The van der Waals surface area contributed by atoms with E-state index >= 15 is 0 Å². The molecule has 0 aliphatic heterocycles. The van der Waals surface area contributed by atoms with Gasteiger partial charge in [-0.25, -0.2) is 0 Å². The molecule has 0 heterocycles. The molecule has 0 radical (unpaired) electrons. The fourth-order valence-corrected chi connectivity index (χ4v) is 2.85. The molecule has 0 unspecified atom stereocenters. The Morgan fingerprint density at radius 2 is 1.77 bits per heavy atom. The van der Waals surface area contributed by atoms with Crippen molar-refractivity contribution in [3.63, 3.8) is 0 Å². The normalized spacial score (nSPS) is 10.9.